The van der Waals surface area contributed by atoms with Crippen LogP contribution in [0.2, 0.25) is 5.02 Å². The third-order valence-electron chi connectivity index (χ3n) is 3.54. The van der Waals surface area contributed by atoms with Gasteiger partial charge in [-0.15, -0.1) is 0 Å². The van der Waals surface area contributed by atoms with Crippen LogP contribution >= 0.6 is 11.6 Å². The Morgan fingerprint density at radius 3 is 2.21 bits per heavy atom. The molecule has 24 heavy (non-hydrogen) atoms. The maximum Gasteiger partial charge on any atom is 0.341 e. The van der Waals surface area contributed by atoms with Crippen molar-refractivity contribution in [3.63, 3.8) is 0 Å². The highest BCUT2D eigenvalue weighted by Crippen LogP contribution is 2.33. The van der Waals surface area contributed by atoms with Gasteiger partial charge in [0, 0.05) is 16.3 Å². The predicted molar refractivity (Wildman–Crippen MR) is 85.2 cm³/mol. The van der Waals surface area contributed by atoms with E-state index in [1.54, 1.807) is 0 Å². The molecule has 2 aromatic rings. The number of benzene rings is 1. The van der Waals surface area contributed by atoms with E-state index < -0.39 is 23.6 Å². The average molecular weight is 352 g/mol. The Bertz CT molecular complexity index is 809. The number of carboxylic acids is 2. The first kappa shape index (κ1) is 17.6. The van der Waals surface area contributed by atoms with Crippen LogP contribution in [0, 0.1) is 0 Å². The third kappa shape index (κ3) is 3.11. The molecule has 1 aromatic carbocycles. The van der Waals surface area contributed by atoms with Crippen LogP contribution < -0.4 is 4.74 Å². The number of rotatable bonds is 6. The molecule has 126 valence electrons. The van der Waals surface area contributed by atoms with E-state index in [-0.39, 0.29) is 28.3 Å². The van der Waals surface area contributed by atoms with Crippen LogP contribution in [0.3, 0.4) is 0 Å². The summed E-state index contributed by atoms with van der Waals surface area (Å²) in [6.45, 7) is 1.32. The van der Waals surface area contributed by atoms with Crippen LogP contribution in [0.1, 0.15) is 44.9 Å². The van der Waals surface area contributed by atoms with Crippen molar-refractivity contribution in [1.29, 1.82) is 0 Å². The molecule has 0 amide bonds. The zero-order chi connectivity index (χ0) is 18.0. The van der Waals surface area contributed by atoms with Crippen molar-refractivity contribution in [3.8, 4) is 5.75 Å². The van der Waals surface area contributed by atoms with Crippen LogP contribution in [0.5, 0.6) is 5.75 Å². The molecule has 0 bridgehead atoms. The molecule has 3 N–H and O–H groups in total. The zero-order valence-corrected chi connectivity index (χ0v) is 13.5. The highest BCUT2D eigenvalue weighted by molar-refractivity contribution is 6.30. The largest absolute Gasteiger partial charge is 0.493 e. The van der Waals surface area contributed by atoms with Crippen molar-refractivity contribution in [1.82, 2.24) is 4.98 Å². The lowest BCUT2D eigenvalue weighted by molar-refractivity contribution is -0.138. The summed E-state index contributed by atoms with van der Waals surface area (Å²) in [5.74, 6) is -4.51. The number of H-pyrrole nitrogens is 1. The van der Waals surface area contributed by atoms with Gasteiger partial charge in [-0.2, -0.15) is 0 Å². The highest BCUT2D eigenvalue weighted by Gasteiger charge is 2.32. The molecule has 7 nitrogen and oxygen atoms in total. The number of carbonyl (C=O) groups excluding carboxylic acids is 1. The first-order valence-electron chi connectivity index (χ1n) is 6.84. The first-order chi connectivity index (χ1) is 11.3. The number of aromatic nitrogens is 1. The number of aromatic carboxylic acids is 1. The topological polar surface area (TPSA) is 117 Å². The number of carbonyl (C=O) groups is 3. The molecule has 0 saturated carbocycles. The molecule has 1 aromatic heterocycles. The summed E-state index contributed by atoms with van der Waals surface area (Å²) < 4.78 is 5.06. The monoisotopic (exact) mass is 351 g/mol. The van der Waals surface area contributed by atoms with Crippen molar-refractivity contribution in [2.45, 2.75) is 12.8 Å². The SMILES string of the molecule is COc1c(C(=O)c2ccc(Cl)cc2)[nH]c(C(C)C(=O)O)c1C(=O)O. The molecule has 0 aliphatic rings. The van der Waals surface area contributed by atoms with Crippen LogP contribution in [0.4, 0.5) is 0 Å². The van der Waals surface area contributed by atoms with Crippen LogP contribution in [-0.4, -0.2) is 40.0 Å². The minimum absolute atomic E-state index is 0.107. The van der Waals surface area contributed by atoms with Crippen molar-refractivity contribution in [3.05, 3.63) is 51.8 Å². The standard InChI is InChI=1S/C16H14ClNO6/c1-7(15(20)21)11-10(16(22)23)14(24-2)12(18-11)13(19)8-3-5-9(17)6-4-8/h3-7,18H,1-2H3,(H,20,21)(H,22,23). The van der Waals surface area contributed by atoms with E-state index in [0.29, 0.717) is 5.02 Å². The molecule has 1 atom stereocenters. The fourth-order valence-electron chi connectivity index (χ4n) is 2.27. The second-order valence-corrected chi connectivity index (χ2v) is 5.46. The van der Waals surface area contributed by atoms with Gasteiger partial charge < -0.3 is 19.9 Å². The van der Waals surface area contributed by atoms with Gasteiger partial charge >= 0.3 is 11.9 Å². The van der Waals surface area contributed by atoms with Gasteiger partial charge in [-0.1, -0.05) is 11.6 Å². The number of ketones is 1. The van der Waals surface area contributed by atoms with Crippen LogP contribution in [0.25, 0.3) is 0 Å². The number of hydrogen-bond donors (Lipinski definition) is 3. The Hall–Kier alpha value is -2.80. The minimum Gasteiger partial charge on any atom is -0.493 e. The number of halogens is 1. The molecule has 0 saturated heterocycles. The summed E-state index contributed by atoms with van der Waals surface area (Å²) in [6.07, 6.45) is 0. The maximum absolute atomic E-state index is 12.6. The zero-order valence-electron chi connectivity index (χ0n) is 12.8. The van der Waals surface area contributed by atoms with Gasteiger partial charge in [-0.25, -0.2) is 4.79 Å². The second-order valence-electron chi connectivity index (χ2n) is 5.02. The Labute approximate surface area is 141 Å². The molecule has 1 heterocycles. The lowest BCUT2D eigenvalue weighted by Gasteiger charge is -2.05. The first-order valence-corrected chi connectivity index (χ1v) is 7.21. The quantitative estimate of drug-likeness (QED) is 0.689. The molecule has 0 aliphatic carbocycles. The normalized spacial score (nSPS) is 11.8. The maximum atomic E-state index is 12.6. The van der Waals surface area contributed by atoms with Gasteiger partial charge in [0.15, 0.2) is 5.75 Å². The lowest BCUT2D eigenvalue weighted by Crippen LogP contribution is -2.12. The van der Waals surface area contributed by atoms with Gasteiger partial charge in [-0.05, 0) is 31.2 Å². The number of ether oxygens (including phenoxy) is 1. The molecule has 0 spiro atoms. The Kier molecular flexibility index (Phi) is 4.94. The number of carboxylic acid groups (broad SMARTS) is 2. The van der Waals surface area contributed by atoms with Crippen molar-refractivity contribution >= 4 is 29.3 Å². The van der Waals surface area contributed by atoms with Crippen LogP contribution in [0.15, 0.2) is 24.3 Å². The van der Waals surface area contributed by atoms with Gasteiger partial charge in [0.05, 0.1) is 13.0 Å². The van der Waals surface area contributed by atoms with E-state index in [1.807, 2.05) is 0 Å². The number of aliphatic carboxylic acids is 1. The number of methoxy groups -OCH3 is 1. The lowest BCUT2D eigenvalue weighted by atomic mass is 10.0. The van der Waals surface area contributed by atoms with Crippen molar-refractivity contribution < 1.29 is 29.3 Å². The Morgan fingerprint density at radius 1 is 1.17 bits per heavy atom. The second kappa shape index (κ2) is 6.76. The summed E-state index contributed by atoms with van der Waals surface area (Å²) in [5, 5.41) is 19.0. The Balaban J connectivity index is 2.63. The molecule has 1 unspecified atom stereocenters. The summed E-state index contributed by atoms with van der Waals surface area (Å²) in [5.41, 5.74) is -0.348. The fraction of sp³-hybridized carbons (Fsp3) is 0.188. The predicted octanol–water partition coefficient (Wildman–Crippen LogP) is 2.79. The van der Waals surface area contributed by atoms with Gasteiger partial charge in [0.2, 0.25) is 5.78 Å². The number of nitrogens with one attached hydrogen (secondary N) is 1. The van der Waals surface area contributed by atoms with E-state index in [0.717, 1.165) is 0 Å². The van der Waals surface area contributed by atoms with E-state index >= 15 is 0 Å². The molecular weight excluding hydrogens is 338 g/mol. The molecule has 0 fully saturated rings. The van der Waals surface area contributed by atoms with E-state index in [9.17, 15) is 19.5 Å². The van der Waals surface area contributed by atoms with E-state index in [1.165, 1.54) is 38.3 Å². The summed E-state index contributed by atoms with van der Waals surface area (Å²) in [7, 11) is 1.21. The third-order valence-corrected chi connectivity index (χ3v) is 3.79. The van der Waals surface area contributed by atoms with E-state index in [2.05, 4.69) is 4.98 Å². The number of aromatic amines is 1. The molecule has 2 rings (SSSR count). The Morgan fingerprint density at radius 2 is 1.75 bits per heavy atom. The van der Waals surface area contributed by atoms with Crippen molar-refractivity contribution in [2.75, 3.05) is 7.11 Å². The minimum atomic E-state index is -1.39. The molecule has 8 heteroatoms. The highest BCUT2D eigenvalue weighted by atomic mass is 35.5. The summed E-state index contributed by atoms with van der Waals surface area (Å²) in [4.78, 5) is 38.0. The van der Waals surface area contributed by atoms with Gasteiger partial charge in [0.1, 0.15) is 11.3 Å². The molecule has 0 aliphatic heterocycles. The molecular formula is C16H14ClNO6. The van der Waals surface area contributed by atoms with Crippen molar-refractivity contribution in [2.24, 2.45) is 0 Å². The van der Waals surface area contributed by atoms with E-state index in [4.69, 9.17) is 21.4 Å². The van der Waals surface area contributed by atoms with Gasteiger partial charge in [-0.3, -0.25) is 9.59 Å². The molecule has 0 radical (unpaired) electrons. The fourth-order valence-corrected chi connectivity index (χ4v) is 2.40. The van der Waals surface area contributed by atoms with Gasteiger partial charge in [0.25, 0.3) is 0 Å². The van der Waals surface area contributed by atoms with Crippen LogP contribution in [-0.2, 0) is 4.79 Å². The average Bonchev–Trinajstić information content (AvgIpc) is 2.93. The smallest absolute Gasteiger partial charge is 0.341 e. The number of hydrogen-bond acceptors (Lipinski definition) is 4. The summed E-state index contributed by atoms with van der Waals surface area (Å²) >= 11 is 5.78. The summed E-state index contributed by atoms with van der Waals surface area (Å²) in [6, 6.07) is 5.99.